The van der Waals surface area contributed by atoms with Gasteiger partial charge in [-0.2, -0.15) is 0 Å². The van der Waals surface area contributed by atoms with Gasteiger partial charge in [-0.25, -0.2) is 0 Å². The molecule has 2 N–H and O–H groups in total. The molecule has 2 aromatic rings. The Kier molecular flexibility index (Phi) is 4.38. The van der Waals surface area contributed by atoms with Crippen LogP contribution in [0.4, 0.5) is 5.69 Å². The van der Waals surface area contributed by atoms with Crippen molar-refractivity contribution < 1.29 is 0 Å². The number of thiophene rings is 1. The van der Waals surface area contributed by atoms with Crippen molar-refractivity contribution >= 4 is 17.0 Å². The van der Waals surface area contributed by atoms with Crippen LogP contribution < -0.4 is 10.6 Å². The standard InChI is InChI=1S/C17H22N2S/c1-2-13-8-10-20-17(13)12-18-9-7-14-11-19-16-6-4-3-5-15(14)16/h3-6,8,10,14,18-19H,2,7,9,11-12H2,1H3. The van der Waals surface area contributed by atoms with Crippen molar-refractivity contribution in [1.29, 1.82) is 0 Å². The molecule has 1 aromatic carbocycles. The molecule has 0 saturated heterocycles. The molecule has 0 spiro atoms. The van der Waals surface area contributed by atoms with Gasteiger partial charge in [0.25, 0.3) is 0 Å². The van der Waals surface area contributed by atoms with Crippen molar-refractivity contribution in [3.05, 3.63) is 51.7 Å². The van der Waals surface area contributed by atoms with Crippen LogP contribution in [0.15, 0.2) is 35.7 Å². The van der Waals surface area contributed by atoms with Crippen LogP contribution in [0.1, 0.15) is 35.3 Å². The van der Waals surface area contributed by atoms with Crippen molar-refractivity contribution in [3.8, 4) is 0 Å². The molecule has 1 aliphatic heterocycles. The van der Waals surface area contributed by atoms with Gasteiger partial charge in [-0.05, 0) is 48.0 Å². The van der Waals surface area contributed by atoms with E-state index in [1.807, 2.05) is 11.3 Å². The summed E-state index contributed by atoms with van der Waals surface area (Å²) in [5, 5.41) is 9.30. The number of para-hydroxylation sites is 1. The molecule has 0 amide bonds. The van der Waals surface area contributed by atoms with Crippen LogP contribution in [0, 0.1) is 0 Å². The lowest BCUT2D eigenvalue weighted by atomic mass is 9.98. The van der Waals surface area contributed by atoms with Crippen molar-refractivity contribution in [2.24, 2.45) is 0 Å². The molecule has 1 atom stereocenters. The molecule has 1 unspecified atom stereocenters. The van der Waals surface area contributed by atoms with Gasteiger partial charge in [-0.15, -0.1) is 11.3 Å². The lowest BCUT2D eigenvalue weighted by Gasteiger charge is -2.11. The second-order valence-corrected chi connectivity index (χ2v) is 6.35. The highest BCUT2D eigenvalue weighted by atomic mass is 32.1. The minimum absolute atomic E-state index is 0.660. The molecule has 0 aliphatic carbocycles. The predicted molar refractivity (Wildman–Crippen MR) is 87.7 cm³/mol. The van der Waals surface area contributed by atoms with E-state index in [-0.39, 0.29) is 0 Å². The van der Waals surface area contributed by atoms with Crippen LogP contribution >= 0.6 is 11.3 Å². The van der Waals surface area contributed by atoms with Gasteiger partial charge in [0.15, 0.2) is 0 Å². The fraction of sp³-hybridized carbons (Fsp3) is 0.412. The van der Waals surface area contributed by atoms with Crippen LogP contribution in [-0.4, -0.2) is 13.1 Å². The first kappa shape index (κ1) is 13.7. The summed E-state index contributed by atoms with van der Waals surface area (Å²) >= 11 is 1.87. The summed E-state index contributed by atoms with van der Waals surface area (Å²) in [4.78, 5) is 1.50. The normalized spacial score (nSPS) is 16.9. The van der Waals surface area contributed by atoms with Crippen molar-refractivity contribution in [3.63, 3.8) is 0 Å². The second-order valence-electron chi connectivity index (χ2n) is 5.35. The summed E-state index contributed by atoms with van der Waals surface area (Å²) in [5.74, 6) is 0.660. The zero-order valence-electron chi connectivity index (χ0n) is 12.0. The SMILES string of the molecule is CCc1ccsc1CNCCC1CNc2ccccc21. The lowest BCUT2D eigenvalue weighted by Crippen LogP contribution is -2.18. The Balaban J connectivity index is 1.47. The molecule has 1 aliphatic rings. The van der Waals surface area contributed by atoms with E-state index >= 15 is 0 Å². The minimum atomic E-state index is 0.660. The van der Waals surface area contributed by atoms with Crippen molar-refractivity contribution in [1.82, 2.24) is 5.32 Å². The topological polar surface area (TPSA) is 24.1 Å². The van der Waals surface area contributed by atoms with Crippen LogP contribution in [0.25, 0.3) is 0 Å². The fourth-order valence-corrected chi connectivity index (χ4v) is 3.88. The number of fused-ring (bicyclic) bond motifs is 1. The van der Waals surface area contributed by atoms with Gasteiger partial charge in [0.1, 0.15) is 0 Å². The molecule has 0 radical (unpaired) electrons. The lowest BCUT2D eigenvalue weighted by molar-refractivity contribution is 0.594. The minimum Gasteiger partial charge on any atom is -0.384 e. The monoisotopic (exact) mass is 286 g/mol. The first-order valence-corrected chi connectivity index (χ1v) is 8.35. The molecule has 0 bridgehead atoms. The van der Waals surface area contributed by atoms with Crippen LogP contribution in [-0.2, 0) is 13.0 Å². The third-order valence-electron chi connectivity index (χ3n) is 4.11. The summed E-state index contributed by atoms with van der Waals surface area (Å²) in [6, 6.07) is 10.9. The number of rotatable bonds is 6. The summed E-state index contributed by atoms with van der Waals surface area (Å²) in [5.41, 5.74) is 4.30. The summed E-state index contributed by atoms with van der Waals surface area (Å²) < 4.78 is 0. The van der Waals surface area contributed by atoms with E-state index in [0.29, 0.717) is 5.92 Å². The number of nitrogens with one attached hydrogen (secondary N) is 2. The van der Waals surface area contributed by atoms with Crippen molar-refractivity contribution in [2.75, 3.05) is 18.4 Å². The van der Waals surface area contributed by atoms with E-state index in [1.165, 1.54) is 28.1 Å². The Morgan fingerprint density at radius 3 is 3.10 bits per heavy atom. The summed E-state index contributed by atoms with van der Waals surface area (Å²) in [6.45, 7) is 5.41. The average Bonchev–Trinajstić information content (AvgIpc) is 3.10. The quantitative estimate of drug-likeness (QED) is 0.784. The fourth-order valence-electron chi connectivity index (χ4n) is 2.93. The number of aryl methyl sites for hydroxylation is 1. The molecule has 20 heavy (non-hydrogen) atoms. The van der Waals surface area contributed by atoms with Gasteiger partial charge in [-0.3, -0.25) is 0 Å². The van der Waals surface area contributed by atoms with Crippen LogP contribution in [0.3, 0.4) is 0 Å². The molecule has 3 heteroatoms. The van der Waals surface area contributed by atoms with E-state index in [9.17, 15) is 0 Å². The van der Waals surface area contributed by atoms with Gasteiger partial charge >= 0.3 is 0 Å². The molecule has 3 rings (SSSR count). The largest absolute Gasteiger partial charge is 0.384 e. The number of hydrogen-bond donors (Lipinski definition) is 2. The first-order chi connectivity index (χ1) is 9.88. The zero-order chi connectivity index (χ0) is 13.8. The van der Waals surface area contributed by atoms with Crippen LogP contribution in [0.2, 0.25) is 0 Å². The number of benzene rings is 1. The Bertz CT molecular complexity index is 562. The molecule has 1 aromatic heterocycles. The molecular weight excluding hydrogens is 264 g/mol. The highest BCUT2D eigenvalue weighted by Gasteiger charge is 2.20. The number of anilines is 1. The Morgan fingerprint density at radius 1 is 1.30 bits per heavy atom. The smallest absolute Gasteiger partial charge is 0.0376 e. The van der Waals surface area contributed by atoms with E-state index < -0.39 is 0 Å². The Hall–Kier alpha value is -1.32. The molecule has 0 saturated carbocycles. The Morgan fingerprint density at radius 2 is 2.20 bits per heavy atom. The molecule has 0 fully saturated rings. The molecule has 2 heterocycles. The highest BCUT2D eigenvalue weighted by molar-refractivity contribution is 7.10. The maximum absolute atomic E-state index is 3.60. The van der Waals surface area contributed by atoms with Gasteiger partial charge in [-0.1, -0.05) is 25.1 Å². The second kappa shape index (κ2) is 6.42. The van der Waals surface area contributed by atoms with Gasteiger partial charge in [0, 0.05) is 29.6 Å². The average molecular weight is 286 g/mol. The van der Waals surface area contributed by atoms with Gasteiger partial charge in [0.05, 0.1) is 0 Å². The number of hydrogen-bond acceptors (Lipinski definition) is 3. The predicted octanol–water partition coefficient (Wildman–Crippen LogP) is 4.00. The molecular formula is C17H22N2S. The van der Waals surface area contributed by atoms with E-state index in [4.69, 9.17) is 0 Å². The third kappa shape index (κ3) is 2.89. The maximum atomic E-state index is 3.60. The van der Waals surface area contributed by atoms with Crippen LogP contribution in [0.5, 0.6) is 0 Å². The maximum Gasteiger partial charge on any atom is 0.0376 e. The van der Waals surface area contributed by atoms with E-state index in [0.717, 1.165) is 26.1 Å². The van der Waals surface area contributed by atoms with E-state index in [2.05, 4.69) is 53.3 Å². The zero-order valence-corrected chi connectivity index (χ0v) is 12.8. The molecule has 2 nitrogen and oxygen atoms in total. The summed E-state index contributed by atoms with van der Waals surface area (Å²) in [7, 11) is 0. The summed E-state index contributed by atoms with van der Waals surface area (Å²) in [6.07, 6.45) is 2.34. The highest BCUT2D eigenvalue weighted by Crippen LogP contribution is 2.32. The molecule has 106 valence electrons. The van der Waals surface area contributed by atoms with Gasteiger partial charge < -0.3 is 10.6 Å². The third-order valence-corrected chi connectivity index (χ3v) is 5.08. The Labute approximate surface area is 125 Å². The van der Waals surface area contributed by atoms with Crippen molar-refractivity contribution in [2.45, 2.75) is 32.2 Å². The van der Waals surface area contributed by atoms with Gasteiger partial charge in [0.2, 0.25) is 0 Å². The first-order valence-electron chi connectivity index (χ1n) is 7.47. The van der Waals surface area contributed by atoms with E-state index in [1.54, 1.807) is 0 Å².